The second kappa shape index (κ2) is 5.89. The van der Waals surface area contributed by atoms with Crippen LogP contribution in [-0.2, 0) is 9.53 Å². The third-order valence-corrected chi connectivity index (χ3v) is 2.63. The number of esters is 1. The second-order valence-electron chi connectivity index (χ2n) is 3.34. The predicted octanol–water partition coefficient (Wildman–Crippen LogP) is 2.28. The van der Waals surface area contributed by atoms with Gasteiger partial charge in [-0.15, -0.1) is 0 Å². The van der Waals surface area contributed by atoms with Gasteiger partial charge in [-0.1, -0.05) is 23.2 Å². The van der Waals surface area contributed by atoms with Crippen LogP contribution in [0.4, 0.5) is 0 Å². The molecule has 0 saturated heterocycles. The minimum atomic E-state index is -0.737. The van der Waals surface area contributed by atoms with Crippen molar-refractivity contribution in [3.8, 4) is 0 Å². The Kier molecular flexibility index (Phi) is 4.78. The average Bonchev–Trinajstić information content (AvgIpc) is 2.27. The Morgan fingerprint density at radius 3 is 2.53 bits per heavy atom. The highest BCUT2D eigenvalue weighted by Gasteiger charge is 2.18. The normalized spacial score (nSPS) is 11.8. The number of hydrogen-bond donors (Lipinski definition) is 1. The molecule has 4 nitrogen and oxygen atoms in total. The van der Waals surface area contributed by atoms with Crippen molar-refractivity contribution in [3.63, 3.8) is 0 Å². The molecule has 0 aliphatic heterocycles. The van der Waals surface area contributed by atoms with Crippen molar-refractivity contribution in [2.24, 2.45) is 0 Å². The van der Waals surface area contributed by atoms with Crippen LogP contribution in [0, 0.1) is 0 Å². The Labute approximate surface area is 109 Å². The molecule has 0 aliphatic rings. The predicted molar refractivity (Wildman–Crippen MR) is 65.4 cm³/mol. The number of rotatable bonds is 3. The van der Waals surface area contributed by atoms with Crippen LogP contribution in [0.1, 0.15) is 17.3 Å². The summed E-state index contributed by atoms with van der Waals surface area (Å²) in [6, 6.07) is 3.76. The molecule has 1 atom stereocenters. The summed E-state index contributed by atoms with van der Waals surface area (Å²) in [6.07, 6.45) is 0. The molecular formula is C11H11Cl2NO3. The molecule has 0 bridgehead atoms. The number of hydrogen-bond acceptors (Lipinski definition) is 3. The number of benzene rings is 1. The van der Waals surface area contributed by atoms with Crippen molar-refractivity contribution < 1.29 is 14.3 Å². The van der Waals surface area contributed by atoms with Gasteiger partial charge in [0.1, 0.15) is 6.04 Å². The molecule has 0 fully saturated rings. The lowest BCUT2D eigenvalue weighted by molar-refractivity contribution is -0.142. The summed E-state index contributed by atoms with van der Waals surface area (Å²) >= 11 is 11.6. The van der Waals surface area contributed by atoms with Crippen LogP contribution in [-0.4, -0.2) is 25.0 Å². The van der Waals surface area contributed by atoms with Crippen molar-refractivity contribution in [2.45, 2.75) is 13.0 Å². The van der Waals surface area contributed by atoms with Gasteiger partial charge in [0.25, 0.3) is 5.91 Å². The summed E-state index contributed by atoms with van der Waals surface area (Å²) < 4.78 is 4.49. The van der Waals surface area contributed by atoms with E-state index in [1.54, 1.807) is 6.07 Å². The lowest BCUT2D eigenvalue weighted by atomic mass is 10.2. The standard InChI is InChI=1S/C11H11Cl2NO3/c1-6(11(16)17-2)14-10(15)8-4-3-7(12)5-9(8)13/h3-6H,1-2H3,(H,14,15)/t6-/m1/s1. The fourth-order valence-corrected chi connectivity index (χ4v) is 1.68. The third-order valence-electron chi connectivity index (χ3n) is 2.08. The SMILES string of the molecule is COC(=O)[C@@H](C)NC(=O)c1ccc(Cl)cc1Cl. The van der Waals surface area contributed by atoms with Crippen LogP contribution >= 0.6 is 23.2 Å². The van der Waals surface area contributed by atoms with Crippen molar-refractivity contribution in [1.29, 1.82) is 0 Å². The van der Waals surface area contributed by atoms with Crippen LogP contribution in [0.2, 0.25) is 10.0 Å². The fraction of sp³-hybridized carbons (Fsp3) is 0.273. The molecule has 17 heavy (non-hydrogen) atoms. The number of nitrogens with one attached hydrogen (secondary N) is 1. The van der Waals surface area contributed by atoms with Crippen LogP contribution in [0.5, 0.6) is 0 Å². The molecule has 0 radical (unpaired) electrons. The van der Waals surface area contributed by atoms with E-state index >= 15 is 0 Å². The van der Waals surface area contributed by atoms with E-state index < -0.39 is 17.9 Å². The third kappa shape index (κ3) is 3.61. The molecule has 0 heterocycles. The van der Waals surface area contributed by atoms with Gasteiger partial charge < -0.3 is 10.1 Å². The zero-order valence-electron chi connectivity index (χ0n) is 9.29. The number of ether oxygens (including phenoxy) is 1. The van der Waals surface area contributed by atoms with Gasteiger partial charge in [-0.25, -0.2) is 4.79 Å². The summed E-state index contributed by atoms with van der Waals surface area (Å²) in [5, 5.41) is 3.13. The number of carbonyl (C=O) groups excluding carboxylic acids is 2. The van der Waals surface area contributed by atoms with E-state index in [9.17, 15) is 9.59 Å². The van der Waals surface area contributed by atoms with Gasteiger partial charge in [0.15, 0.2) is 0 Å². The number of carbonyl (C=O) groups is 2. The first-order valence-electron chi connectivity index (χ1n) is 4.79. The van der Waals surface area contributed by atoms with Gasteiger partial charge in [-0.3, -0.25) is 4.79 Å². The zero-order chi connectivity index (χ0) is 13.0. The maximum Gasteiger partial charge on any atom is 0.328 e. The molecule has 0 saturated carbocycles. The minimum Gasteiger partial charge on any atom is -0.467 e. The lowest BCUT2D eigenvalue weighted by Gasteiger charge is -2.12. The quantitative estimate of drug-likeness (QED) is 0.862. The molecule has 92 valence electrons. The van der Waals surface area contributed by atoms with Crippen molar-refractivity contribution >= 4 is 35.1 Å². The number of halogens is 2. The van der Waals surface area contributed by atoms with Gasteiger partial charge in [0.2, 0.25) is 0 Å². The molecule has 0 unspecified atom stereocenters. The van der Waals surface area contributed by atoms with Crippen LogP contribution in [0.25, 0.3) is 0 Å². The lowest BCUT2D eigenvalue weighted by Crippen LogP contribution is -2.39. The molecule has 1 aromatic rings. The first-order chi connectivity index (χ1) is 7.95. The van der Waals surface area contributed by atoms with Crippen molar-refractivity contribution in [1.82, 2.24) is 5.32 Å². The summed E-state index contributed by atoms with van der Waals surface area (Å²) in [6.45, 7) is 1.52. The summed E-state index contributed by atoms with van der Waals surface area (Å²) in [5.74, 6) is -0.979. The van der Waals surface area contributed by atoms with E-state index in [0.29, 0.717) is 5.02 Å². The summed E-state index contributed by atoms with van der Waals surface area (Å²) in [7, 11) is 1.25. The topological polar surface area (TPSA) is 55.4 Å². The molecule has 1 amide bonds. The Balaban J connectivity index is 2.80. The molecular weight excluding hydrogens is 265 g/mol. The molecule has 6 heteroatoms. The van der Waals surface area contributed by atoms with Crippen LogP contribution in [0.3, 0.4) is 0 Å². The molecule has 1 rings (SSSR count). The largest absolute Gasteiger partial charge is 0.467 e. The Morgan fingerprint density at radius 2 is 2.00 bits per heavy atom. The number of methoxy groups -OCH3 is 1. The Morgan fingerprint density at radius 1 is 1.35 bits per heavy atom. The fourth-order valence-electron chi connectivity index (χ4n) is 1.18. The smallest absolute Gasteiger partial charge is 0.328 e. The zero-order valence-corrected chi connectivity index (χ0v) is 10.8. The Hall–Kier alpha value is -1.26. The highest BCUT2D eigenvalue weighted by atomic mass is 35.5. The monoisotopic (exact) mass is 275 g/mol. The molecule has 0 aromatic heterocycles. The highest BCUT2D eigenvalue weighted by molar-refractivity contribution is 6.36. The number of amides is 1. The van der Waals surface area contributed by atoms with Crippen LogP contribution < -0.4 is 5.32 Å². The van der Waals surface area contributed by atoms with Crippen LogP contribution in [0.15, 0.2) is 18.2 Å². The first-order valence-corrected chi connectivity index (χ1v) is 5.55. The molecule has 0 aliphatic carbocycles. The van der Waals surface area contributed by atoms with Gasteiger partial charge in [0.05, 0.1) is 17.7 Å². The minimum absolute atomic E-state index is 0.229. The van der Waals surface area contributed by atoms with E-state index in [0.717, 1.165) is 0 Å². The van der Waals surface area contributed by atoms with Crippen molar-refractivity contribution in [3.05, 3.63) is 33.8 Å². The van der Waals surface area contributed by atoms with Gasteiger partial charge >= 0.3 is 5.97 Å². The maximum absolute atomic E-state index is 11.8. The van der Waals surface area contributed by atoms with E-state index in [1.165, 1.54) is 26.2 Å². The first kappa shape index (κ1) is 13.8. The van der Waals surface area contributed by atoms with E-state index in [-0.39, 0.29) is 10.6 Å². The average molecular weight is 276 g/mol. The second-order valence-corrected chi connectivity index (χ2v) is 4.19. The molecule has 1 aromatic carbocycles. The van der Waals surface area contributed by atoms with Gasteiger partial charge in [-0.05, 0) is 25.1 Å². The van der Waals surface area contributed by atoms with Gasteiger partial charge in [-0.2, -0.15) is 0 Å². The summed E-state index contributed by atoms with van der Waals surface area (Å²) in [4.78, 5) is 22.9. The van der Waals surface area contributed by atoms with E-state index in [1.807, 2.05) is 0 Å². The highest BCUT2D eigenvalue weighted by Crippen LogP contribution is 2.20. The van der Waals surface area contributed by atoms with E-state index in [4.69, 9.17) is 23.2 Å². The summed E-state index contributed by atoms with van der Waals surface area (Å²) in [5.41, 5.74) is 0.256. The maximum atomic E-state index is 11.8. The van der Waals surface area contributed by atoms with Gasteiger partial charge in [0, 0.05) is 5.02 Å². The molecule has 0 spiro atoms. The Bertz CT molecular complexity index is 448. The van der Waals surface area contributed by atoms with Crippen molar-refractivity contribution in [2.75, 3.05) is 7.11 Å². The molecule has 1 N–H and O–H groups in total. The van der Waals surface area contributed by atoms with E-state index in [2.05, 4.69) is 10.1 Å².